The molecule has 0 amide bonds. The molecule has 79 valence electrons. The summed E-state index contributed by atoms with van der Waals surface area (Å²) < 4.78 is 6.09. The van der Waals surface area contributed by atoms with Crippen molar-refractivity contribution in [1.82, 2.24) is 0 Å². The second-order valence-electron chi connectivity index (χ2n) is 4.93. The first-order chi connectivity index (χ1) is 5.87. The topological polar surface area (TPSA) is 9.23 Å². The summed E-state index contributed by atoms with van der Waals surface area (Å²) in [7, 11) is -1.39. The summed E-state index contributed by atoms with van der Waals surface area (Å²) in [5.74, 6) is 0.758. The summed E-state index contributed by atoms with van der Waals surface area (Å²) in [5, 5.41) is 0. The van der Waals surface area contributed by atoms with E-state index in [2.05, 4.69) is 40.8 Å². The quantitative estimate of drug-likeness (QED) is 0.593. The molecule has 0 rings (SSSR count). The number of hydrogen-bond acceptors (Lipinski definition) is 1. The van der Waals surface area contributed by atoms with Gasteiger partial charge < -0.3 is 4.43 Å². The minimum Gasteiger partial charge on any atom is -0.415 e. The first-order valence-corrected chi connectivity index (χ1v) is 8.46. The third-order valence-corrected chi connectivity index (χ3v) is 4.87. The maximum atomic E-state index is 6.09. The molecule has 0 aromatic heterocycles. The normalized spacial score (nSPS) is 15.0. The lowest BCUT2D eigenvalue weighted by Gasteiger charge is -2.28. The van der Waals surface area contributed by atoms with Crippen LogP contribution in [0.1, 0.15) is 33.6 Å². The van der Waals surface area contributed by atoms with Crippen LogP contribution in [0.5, 0.6) is 0 Å². The minimum atomic E-state index is -1.39. The van der Waals surface area contributed by atoms with E-state index in [-0.39, 0.29) is 0 Å². The van der Waals surface area contributed by atoms with E-state index >= 15 is 0 Å². The molecule has 0 aromatic carbocycles. The van der Waals surface area contributed by atoms with Crippen LogP contribution in [0.3, 0.4) is 0 Å². The van der Waals surface area contributed by atoms with Crippen LogP contribution >= 0.6 is 0 Å². The highest BCUT2D eigenvalue weighted by Gasteiger charge is 2.25. The van der Waals surface area contributed by atoms with Crippen LogP contribution in [0.2, 0.25) is 19.1 Å². The molecule has 1 atom stereocenters. The van der Waals surface area contributed by atoms with Crippen LogP contribution in [0.15, 0.2) is 0 Å². The largest absolute Gasteiger partial charge is 0.415 e. The first-order valence-electron chi connectivity index (χ1n) is 5.34. The minimum absolute atomic E-state index is 0.401. The van der Waals surface area contributed by atoms with Gasteiger partial charge in [-0.2, -0.15) is 0 Å². The fraction of sp³-hybridized carbons (Fsp3) is 0.909. The lowest BCUT2D eigenvalue weighted by atomic mass is 10.2. The van der Waals surface area contributed by atoms with Crippen molar-refractivity contribution in [3.05, 3.63) is 6.92 Å². The highest BCUT2D eigenvalue weighted by molar-refractivity contribution is 6.71. The fourth-order valence-corrected chi connectivity index (χ4v) is 5.19. The molecule has 0 aromatic rings. The van der Waals surface area contributed by atoms with Crippen LogP contribution in [0.4, 0.5) is 0 Å². The van der Waals surface area contributed by atoms with Gasteiger partial charge in [0, 0.05) is 6.10 Å². The van der Waals surface area contributed by atoms with Crippen LogP contribution in [-0.2, 0) is 4.43 Å². The van der Waals surface area contributed by atoms with Crippen LogP contribution in [-0.4, -0.2) is 14.4 Å². The summed E-state index contributed by atoms with van der Waals surface area (Å²) in [6.45, 7) is 15.2. The SMILES string of the molecule is [CH2]CCC(C)O[Si](C)(C)CC(C)C. The van der Waals surface area contributed by atoms with Gasteiger partial charge in [0.25, 0.3) is 0 Å². The Morgan fingerprint density at radius 2 is 1.77 bits per heavy atom. The van der Waals surface area contributed by atoms with E-state index in [0.717, 1.165) is 18.8 Å². The van der Waals surface area contributed by atoms with Crippen molar-refractivity contribution >= 4 is 8.32 Å². The van der Waals surface area contributed by atoms with E-state index in [9.17, 15) is 0 Å². The smallest absolute Gasteiger partial charge is 0.187 e. The van der Waals surface area contributed by atoms with Gasteiger partial charge in [0.1, 0.15) is 0 Å². The summed E-state index contributed by atoms with van der Waals surface area (Å²) in [6, 6.07) is 1.26. The molecular weight excluding hydrogens is 176 g/mol. The molecule has 0 heterocycles. The zero-order valence-corrected chi connectivity index (χ0v) is 10.9. The Balaban J connectivity index is 3.85. The van der Waals surface area contributed by atoms with Crippen molar-refractivity contribution in [3.8, 4) is 0 Å². The van der Waals surface area contributed by atoms with Gasteiger partial charge in [0.2, 0.25) is 0 Å². The van der Waals surface area contributed by atoms with Crippen molar-refractivity contribution in [2.45, 2.75) is 58.9 Å². The molecule has 0 fully saturated rings. The van der Waals surface area contributed by atoms with Gasteiger partial charge in [-0.05, 0) is 38.4 Å². The Labute approximate surface area is 85.0 Å². The number of hydrogen-bond donors (Lipinski definition) is 0. The van der Waals surface area contributed by atoms with Gasteiger partial charge in [-0.25, -0.2) is 0 Å². The standard InChI is InChI=1S/C11H25OSi/c1-7-8-11(4)12-13(5,6)9-10(2)3/h10-11H,1,7-9H2,2-6H3. The van der Waals surface area contributed by atoms with E-state index in [1.165, 1.54) is 6.04 Å². The second-order valence-corrected chi connectivity index (χ2v) is 9.09. The zero-order chi connectivity index (χ0) is 10.5. The van der Waals surface area contributed by atoms with Crippen molar-refractivity contribution in [2.24, 2.45) is 5.92 Å². The van der Waals surface area contributed by atoms with Crippen LogP contribution < -0.4 is 0 Å². The summed E-state index contributed by atoms with van der Waals surface area (Å²) in [5.41, 5.74) is 0. The highest BCUT2D eigenvalue weighted by atomic mass is 28.4. The zero-order valence-electron chi connectivity index (χ0n) is 9.89. The van der Waals surface area contributed by atoms with Gasteiger partial charge in [0.15, 0.2) is 8.32 Å². The van der Waals surface area contributed by atoms with Gasteiger partial charge in [0.05, 0.1) is 0 Å². The Hall–Kier alpha value is 0.177. The van der Waals surface area contributed by atoms with Gasteiger partial charge in [-0.15, -0.1) is 0 Å². The van der Waals surface area contributed by atoms with E-state index in [1.807, 2.05) is 0 Å². The monoisotopic (exact) mass is 201 g/mol. The molecule has 0 saturated carbocycles. The highest BCUT2D eigenvalue weighted by Crippen LogP contribution is 2.20. The fourth-order valence-electron chi connectivity index (χ4n) is 1.92. The van der Waals surface area contributed by atoms with Crippen molar-refractivity contribution < 1.29 is 4.43 Å². The summed E-state index contributed by atoms with van der Waals surface area (Å²) >= 11 is 0. The average Bonchev–Trinajstić information content (AvgIpc) is 1.81. The molecule has 1 nitrogen and oxygen atoms in total. The predicted molar refractivity (Wildman–Crippen MR) is 62.3 cm³/mol. The third-order valence-electron chi connectivity index (χ3n) is 2.03. The molecule has 2 heteroatoms. The molecule has 0 aliphatic rings. The van der Waals surface area contributed by atoms with E-state index in [4.69, 9.17) is 4.43 Å². The van der Waals surface area contributed by atoms with Gasteiger partial charge in [-0.1, -0.05) is 27.2 Å². The molecule has 13 heavy (non-hydrogen) atoms. The van der Waals surface area contributed by atoms with Gasteiger partial charge in [-0.3, -0.25) is 0 Å². The molecule has 0 saturated heterocycles. The maximum absolute atomic E-state index is 6.09. The Morgan fingerprint density at radius 1 is 1.23 bits per heavy atom. The molecule has 0 N–H and O–H groups in total. The molecule has 0 spiro atoms. The van der Waals surface area contributed by atoms with Crippen molar-refractivity contribution in [1.29, 1.82) is 0 Å². The molecule has 0 aliphatic carbocycles. The first kappa shape index (κ1) is 13.2. The van der Waals surface area contributed by atoms with Gasteiger partial charge >= 0.3 is 0 Å². The molecular formula is C11H25OSi. The predicted octanol–water partition coefficient (Wildman–Crippen LogP) is 3.87. The van der Waals surface area contributed by atoms with Crippen molar-refractivity contribution in [2.75, 3.05) is 0 Å². The number of rotatable bonds is 6. The summed E-state index contributed by atoms with van der Waals surface area (Å²) in [4.78, 5) is 0. The lowest BCUT2D eigenvalue weighted by Crippen LogP contribution is -2.35. The Kier molecular flexibility index (Phi) is 5.89. The van der Waals surface area contributed by atoms with Crippen molar-refractivity contribution in [3.63, 3.8) is 0 Å². The van der Waals surface area contributed by atoms with Crippen LogP contribution in [0, 0.1) is 12.8 Å². The Bertz CT molecular complexity index is 132. The van der Waals surface area contributed by atoms with E-state index < -0.39 is 8.32 Å². The molecule has 0 aliphatic heterocycles. The Morgan fingerprint density at radius 3 is 2.15 bits per heavy atom. The lowest BCUT2D eigenvalue weighted by molar-refractivity contribution is 0.199. The van der Waals surface area contributed by atoms with E-state index in [1.54, 1.807) is 0 Å². The molecule has 0 bridgehead atoms. The molecule has 1 radical (unpaired) electrons. The van der Waals surface area contributed by atoms with Crippen LogP contribution in [0.25, 0.3) is 0 Å². The average molecular weight is 201 g/mol. The van der Waals surface area contributed by atoms with E-state index in [0.29, 0.717) is 6.10 Å². The maximum Gasteiger partial charge on any atom is 0.187 e. The third kappa shape index (κ3) is 7.26. The summed E-state index contributed by atoms with van der Waals surface area (Å²) in [6.07, 6.45) is 2.47. The second kappa shape index (κ2) is 5.81. The molecule has 1 unspecified atom stereocenters.